The van der Waals surface area contributed by atoms with E-state index < -0.39 is 6.03 Å². The van der Waals surface area contributed by atoms with Crippen LogP contribution in [0.4, 0.5) is 16.2 Å². The second-order valence-corrected chi connectivity index (χ2v) is 9.45. The van der Waals surface area contributed by atoms with Gasteiger partial charge in [-0.2, -0.15) is 5.10 Å². The Morgan fingerprint density at radius 3 is 2.47 bits per heavy atom. The molecule has 7 heteroatoms. The van der Waals surface area contributed by atoms with Crippen LogP contribution in [0.3, 0.4) is 0 Å². The standard InChI is InChI=1S/C29H31N5O2/c1-18(2)22-9-5-6-10-25(22)33-16-23-24(17-33)32-34(27-19(3)8-7-11-26(27)36-4)28(23)20-12-14-21(15-13-20)31-29(30)35/h5-15,18H,16-17H2,1-4H3,(H3,30,31,35). The highest BCUT2D eigenvalue weighted by Gasteiger charge is 2.31. The Balaban J connectivity index is 1.64. The van der Waals surface area contributed by atoms with Crippen LogP contribution in [0.5, 0.6) is 5.75 Å². The van der Waals surface area contributed by atoms with Crippen LogP contribution in [0, 0.1) is 6.92 Å². The van der Waals surface area contributed by atoms with E-state index >= 15 is 0 Å². The third-order valence-electron chi connectivity index (χ3n) is 6.71. The number of fused-ring (bicyclic) bond motifs is 1. The van der Waals surface area contributed by atoms with Crippen molar-refractivity contribution in [2.24, 2.45) is 5.73 Å². The lowest BCUT2D eigenvalue weighted by molar-refractivity contribution is 0.259. The van der Waals surface area contributed by atoms with Gasteiger partial charge in [-0.3, -0.25) is 0 Å². The minimum Gasteiger partial charge on any atom is -0.494 e. The second-order valence-electron chi connectivity index (χ2n) is 9.45. The van der Waals surface area contributed by atoms with E-state index in [1.54, 1.807) is 7.11 Å². The quantitative estimate of drug-likeness (QED) is 0.354. The molecule has 36 heavy (non-hydrogen) atoms. The lowest BCUT2D eigenvalue weighted by atomic mass is 10.0. The molecule has 1 aliphatic rings. The number of hydrogen-bond acceptors (Lipinski definition) is 4. The fourth-order valence-corrected chi connectivity index (χ4v) is 5.03. The Kier molecular flexibility index (Phi) is 6.14. The van der Waals surface area contributed by atoms with Crippen molar-refractivity contribution in [1.82, 2.24) is 9.78 Å². The molecule has 0 radical (unpaired) electrons. The maximum Gasteiger partial charge on any atom is 0.316 e. The maximum atomic E-state index is 11.3. The number of urea groups is 1. The lowest BCUT2D eigenvalue weighted by Gasteiger charge is -2.24. The number of nitrogens with zero attached hydrogens (tertiary/aromatic N) is 3. The van der Waals surface area contributed by atoms with Crippen LogP contribution in [0.1, 0.15) is 42.1 Å². The number of nitrogens with one attached hydrogen (secondary N) is 1. The molecule has 5 rings (SSSR count). The molecule has 4 aromatic rings. The minimum absolute atomic E-state index is 0.426. The molecule has 7 nitrogen and oxygen atoms in total. The lowest BCUT2D eigenvalue weighted by Crippen LogP contribution is -2.19. The smallest absolute Gasteiger partial charge is 0.316 e. The van der Waals surface area contributed by atoms with E-state index in [0.717, 1.165) is 47.0 Å². The van der Waals surface area contributed by atoms with E-state index in [9.17, 15) is 4.79 Å². The molecule has 2 heterocycles. The fraction of sp³-hybridized carbons (Fsp3) is 0.241. The largest absolute Gasteiger partial charge is 0.494 e. The van der Waals surface area contributed by atoms with Crippen LogP contribution >= 0.6 is 0 Å². The first-order valence-corrected chi connectivity index (χ1v) is 12.1. The highest BCUT2D eigenvalue weighted by atomic mass is 16.5. The van der Waals surface area contributed by atoms with Gasteiger partial charge in [0.2, 0.25) is 0 Å². The molecule has 0 saturated carbocycles. The molecule has 1 aromatic heterocycles. The highest BCUT2D eigenvalue weighted by Crippen LogP contribution is 2.40. The Bertz CT molecular complexity index is 1420. The molecule has 3 N–H and O–H groups in total. The van der Waals surface area contributed by atoms with E-state index in [0.29, 0.717) is 11.6 Å². The van der Waals surface area contributed by atoms with Gasteiger partial charge in [0.05, 0.1) is 25.0 Å². The number of amides is 2. The monoisotopic (exact) mass is 481 g/mol. The van der Waals surface area contributed by atoms with Crippen molar-refractivity contribution in [3.63, 3.8) is 0 Å². The molecule has 0 bridgehead atoms. The fourth-order valence-electron chi connectivity index (χ4n) is 5.03. The van der Waals surface area contributed by atoms with E-state index in [1.165, 1.54) is 16.8 Å². The van der Waals surface area contributed by atoms with Crippen LogP contribution in [0.25, 0.3) is 16.9 Å². The number of primary amides is 1. The van der Waals surface area contributed by atoms with Crippen molar-refractivity contribution < 1.29 is 9.53 Å². The van der Waals surface area contributed by atoms with Crippen LogP contribution in [0.15, 0.2) is 66.7 Å². The molecule has 0 fully saturated rings. The SMILES string of the molecule is COc1cccc(C)c1-n1nc2c(c1-c1ccc(NC(N)=O)cc1)CN(c1ccccc1C(C)C)C2. The summed E-state index contributed by atoms with van der Waals surface area (Å²) in [5.74, 6) is 1.20. The van der Waals surface area contributed by atoms with Crippen molar-refractivity contribution in [2.45, 2.75) is 39.8 Å². The molecular formula is C29H31N5O2. The zero-order valence-electron chi connectivity index (χ0n) is 21.1. The third kappa shape index (κ3) is 4.17. The van der Waals surface area contributed by atoms with Gasteiger partial charge in [-0.15, -0.1) is 0 Å². The topological polar surface area (TPSA) is 85.4 Å². The van der Waals surface area contributed by atoms with Gasteiger partial charge in [0, 0.05) is 29.0 Å². The minimum atomic E-state index is -0.585. The van der Waals surface area contributed by atoms with Crippen LogP contribution in [-0.4, -0.2) is 22.9 Å². The number of nitrogens with two attached hydrogens (primary N) is 1. The molecule has 0 unspecified atom stereocenters. The number of aromatic nitrogens is 2. The van der Waals surface area contributed by atoms with Gasteiger partial charge in [0.1, 0.15) is 11.4 Å². The first-order chi connectivity index (χ1) is 17.4. The first kappa shape index (κ1) is 23.5. The molecule has 2 amide bonds. The molecule has 1 aliphatic heterocycles. The predicted octanol–water partition coefficient (Wildman–Crippen LogP) is 5.99. The number of aryl methyl sites for hydroxylation is 1. The van der Waals surface area contributed by atoms with Gasteiger partial charge in [0.15, 0.2) is 0 Å². The molecule has 3 aromatic carbocycles. The van der Waals surface area contributed by atoms with Gasteiger partial charge in [-0.25, -0.2) is 9.48 Å². The number of carbonyl (C=O) groups is 1. The Morgan fingerprint density at radius 2 is 1.78 bits per heavy atom. The Labute approximate surface area is 211 Å². The van der Waals surface area contributed by atoms with Gasteiger partial charge in [-0.05, 0) is 48.2 Å². The van der Waals surface area contributed by atoms with Crippen molar-refractivity contribution in [3.8, 4) is 22.7 Å². The second kappa shape index (κ2) is 9.41. The zero-order valence-corrected chi connectivity index (χ0v) is 21.1. The number of hydrogen-bond donors (Lipinski definition) is 2. The van der Waals surface area contributed by atoms with Crippen molar-refractivity contribution >= 4 is 17.4 Å². The summed E-state index contributed by atoms with van der Waals surface area (Å²) in [5.41, 5.74) is 14.8. The molecular weight excluding hydrogens is 450 g/mol. The highest BCUT2D eigenvalue weighted by molar-refractivity contribution is 5.88. The van der Waals surface area contributed by atoms with E-state index in [1.807, 2.05) is 41.1 Å². The number of para-hydroxylation sites is 2. The first-order valence-electron chi connectivity index (χ1n) is 12.1. The third-order valence-corrected chi connectivity index (χ3v) is 6.71. The summed E-state index contributed by atoms with van der Waals surface area (Å²) in [6.45, 7) is 8.01. The number of carbonyl (C=O) groups excluding carboxylic acids is 1. The number of ether oxygens (including phenoxy) is 1. The van der Waals surface area contributed by atoms with Gasteiger partial charge < -0.3 is 20.7 Å². The average molecular weight is 482 g/mol. The van der Waals surface area contributed by atoms with Crippen molar-refractivity contribution in [3.05, 3.63) is 89.1 Å². The predicted molar refractivity (Wildman–Crippen MR) is 144 cm³/mol. The normalized spacial score (nSPS) is 12.6. The molecule has 0 atom stereocenters. The molecule has 0 spiro atoms. The summed E-state index contributed by atoms with van der Waals surface area (Å²) in [5, 5.41) is 7.77. The summed E-state index contributed by atoms with van der Waals surface area (Å²) >= 11 is 0. The zero-order chi connectivity index (χ0) is 25.4. The summed E-state index contributed by atoms with van der Waals surface area (Å²) in [4.78, 5) is 13.7. The Hall–Kier alpha value is -4.26. The molecule has 0 aliphatic carbocycles. The van der Waals surface area contributed by atoms with Crippen molar-refractivity contribution in [2.75, 3.05) is 17.3 Å². The van der Waals surface area contributed by atoms with Crippen LogP contribution < -0.4 is 20.7 Å². The summed E-state index contributed by atoms with van der Waals surface area (Å²) < 4.78 is 7.75. The van der Waals surface area contributed by atoms with E-state index in [-0.39, 0.29) is 0 Å². The number of rotatable bonds is 6. The van der Waals surface area contributed by atoms with Gasteiger partial charge in [0.25, 0.3) is 0 Å². The van der Waals surface area contributed by atoms with Crippen LogP contribution in [-0.2, 0) is 13.1 Å². The van der Waals surface area contributed by atoms with E-state index in [2.05, 4.69) is 61.3 Å². The summed E-state index contributed by atoms with van der Waals surface area (Å²) in [6.07, 6.45) is 0. The molecule has 184 valence electrons. The van der Waals surface area contributed by atoms with Crippen molar-refractivity contribution in [1.29, 1.82) is 0 Å². The Morgan fingerprint density at radius 1 is 1.03 bits per heavy atom. The number of anilines is 2. The van der Waals surface area contributed by atoms with Crippen LogP contribution in [0.2, 0.25) is 0 Å². The number of benzene rings is 3. The van der Waals surface area contributed by atoms with Gasteiger partial charge >= 0.3 is 6.03 Å². The number of methoxy groups -OCH3 is 1. The van der Waals surface area contributed by atoms with Gasteiger partial charge in [-0.1, -0.05) is 56.3 Å². The maximum absolute atomic E-state index is 11.3. The average Bonchev–Trinajstić information content (AvgIpc) is 3.42. The van der Waals surface area contributed by atoms with E-state index in [4.69, 9.17) is 15.6 Å². The summed E-state index contributed by atoms with van der Waals surface area (Å²) in [6, 6.07) is 21.8. The molecule has 0 saturated heterocycles. The summed E-state index contributed by atoms with van der Waals surface area (Å²) in [7, 11) is 1.68.